The summed E-state index contributed by atoms with van der Waals surface area (Å²) in [5, 5.41) is 6.68. The normalized spacial score (nSPS) is 16.9. The molecule has 0 atom stereocenters. The number of carbonyl (C=O) groups is 1. The minimum absolute atomic E-state index is 0.0772. The first kappa shape index (κ1) is 15.1. The maximum absolute atomic E-state index is 11.8. The van der Waals surface area contributed by atoms with Crippen molar-refractivity contribution in [2.75, 3.05) is 26.7 Å². The van der Waals surface area contributed by atoms with E-state index in [1.165, 1.54) is 0 Å². The molecule has 1 aromatic rings. The molecule has 2 rings (SSSR count). The molecule has 0 radical (unpaired) electrons. The zero-order chi connectivity index (χ0) is 14.4. The molecular formula is C15H22ClN3O. The highest BCUT2D eigenvalue weighted by Crippen LogP contribution is 2.14. The molecule has 0 aromatic heterocycles. The molecular weight excluding hydrogens is 274 g/mol. The van der Waals surface area contributed by atoms with Crippen molar-refractivity contribution in [3.05, 3.63) is 34.9 Å². The SMILES string of the molecule is CN1CCC(NC(=O)NCCc2ccccc2Cl)CC1. The van der Waals surface area contributed by atoms with E-state index in [0.29, 0.717) is 12.6 Å². The van der Waals surface area contributed by atoms with Gasteiger partial charge in [-0.2, -0.15) is 0 Å². The van der Waals surface area contributed by atoms with Crippen LogP contribution in [-0.2, 0) is 6.42 Å². The number of amides is 2. The lowest BCUT2D eigenvalue weighted by atomic mass is 10.1. The van der Waals surface area contributed by atoms with Crippen molar-refractivity contribution < 1.29 is 4.79 Å². The number of likely N-dealkylation sites (tertiary alicyclic amines) is 1. The standard InChI is InChI=1S/C15H22ClN3O/c1-19-10-7-13(8-11-19)18-15(20)17-9-6-12-4-2-3-5-14(12)16/h2-5,13H,6-11H2,1H3,(H2,17,18,20). The summed E-state index contributed by atoms with van der Waals surface area (Å²) in [5.74, 6) is 0. The fourth-order valence-electron chi connectivity index (χ4n) is 2.40. The Morgan fingerprint density at radius 2 is 2.05 bits per heavy atom. The summed E-state index contributed by atoms with van der Waals surface area (Å²) >= 11 is 6.08. The molecule has 2 N–H and O–H groups in total. The molecule has 0 unspecified atom stereocenters. The number of rotatable bonds is 4. The van der Waals surface area contributed by atoms with Crippen molar-refractivity contribution >= 4 is 17.6 Å². The molecule has 0 bridgehead atoms. The van der Waals surface area contributed by atoms with E-state index in [0.717, 1.165) is 42.9 Å². The van der Waals surface area contributed by atoms with Gasteiger partial charge in [-0.15, -0.1) is 0 Å². The number of benzene rings is 1. The van der Waals surface area contributed by atoms with Crippen molar-refractivity contribution in [2.45, 2.75) is 25.3 Å². The van der Waals surface area contributed by atoms with Crippen LogP contribution in [0.15, 0.2) is 24.3 Å². The fourth-order valence-corrected chi connectivity index (χ4v) is 2.63. The lowest BCUT2D eigenvalue weighted by molar-refractivity contribution is 0.214. The average molecular weight is 296 g/mol. The van der Waals surface area contributed by atoms with Gasteiger partial charge < -0.3 is 15.5 Å². The summed E-state index contributed by atoms with van der Waals surface area (Å²) in [5.41, 5.74) is 1.06. The highest BCUT2D eigenvalue weighted by Gasteiger charge is 2.17. The van der Waals surface area contributed by atoms with Crippen LogP contribution in [0.3, 0.4) is 0 Å². The van der Waals surface area contributed by atoms with Crippen LogP contribution in [0.5, 0.6) is 0 Å². The summed E-state index contributed by atoms with van der Waals surface area (Å²) in [6, 6.07) is 7.94. The topological polar surface area (TPSA) is 44.4 Å². The van der Waals surface area contributed by atoms with Gasteiger partial charge in [0.2, 0.25) is 0 Å². The van der Waals surface area contributed by atoms with Gasteiger partial charge in [0.05, 0.1) is 0 Å². The van der Waals surface area contributed by atoms with E-state index in [1.54, 1.807) is 0 Å². The third kappa shape index (κ3) is 4.69. The molecule has 0 spiro atoms. The molecule has 2 amide bonds. The Balaban J connectivity index is 1.67. The molecule has 1 saturated heterocycles. The van der Waals surface area contributed by atoms with Gasteiger partial charge in [0, 0.05) is 17.6 Å². The second-order valence-corrected chi connectivity index (χ2v) is 5.73. The predicted octanol–water partition coefficient (Wildman–Crippen LogP) is 2.28. The lowest BCUT2D eigenvalue weighted by Crippen LogP contribution is -2.47. The van der Waals surface area contributed by atoms with Crippen LogP contribution < -0.4 is 10.6 Å². The maximum atomic E-state index is 11.8. The maximum Gasteiger partial charge on any atom is 0.315 e. The zero-order valence-electron chi connectivity index (χ0n) is 11.9. The van der Waals surface area contributed by atoms with Crippen LogP contribution in [0, 0.1) is 0 Å². The van der Waals surface area contributed by atoms with Gasteiger partial charge in [0.15, 0.2) is 0 Å². The first-order chi connectivity index (χ1) is 9.65. The Labute approximate surface area is 125 Å². The van der Waals surface area contributed by atoms with E-state index in [-0.39, 0.29) is 6.03 Å². The first-order valence-electron chi connectivity index (χ1n) is 7.11. The first-order valence-corrected chi connectivity index (χ1v) is 7.49. The molecule has 110 valence electrons. The Morgan fingerprint density at radius 3 is 2.75 bits per heavy atom. The van der Waals surface area contributed by atoms with Gasteiger partial charge in [-0.05, 0) is 51.0 Å². The highest BCUT2D eigenvalue weighted by molar-refractivity contribution is 6.31. The number of nitrogens with zero attached hydrogens (tertiary/aromatic N) is 1. The van der Waals surface area contributed by atoms with Crippen LogP contribution in [0.4, 0.5) is 4.79 Å². The molecule has 5 heteroatoms. The van der Waals surface area contributed by atoms with Crippen LogP contribution >= 0.6 is 11.6 Å². The number of urea groups is 1. The van der Waals surface area contributed by atoms with Crippen molar-refractivity contribution in [2.24, 2.45) is 0 Å². The second-order valence-electron chi connectivity index (χ2n) is 5.32. The number of hydrogen-bond donors (Lipinski definition) is 2. The van der Waals surface area contributed by atoms with Crippen LogP contribution in [0.2, 0.25) is 5.02 Å². The third-order valence-electron chi connectivity index (χ3n) is 3.69. The molecule has 1 fully saturated rings. The summed E-state index contributed by atoms with van der Waals surface area (Å²) in [7, 11) is 2.11. The fraction of sp³-hybridized carbons (Fsp3) is 0.533. The van der Waals surface area contributed by atoms with Gasteiger partial charge in [0.25, 0.3) is 0 Å². The van der Waals surface area contributed by atoms with E-state index in [4.69, 9.17) is 11.6 Å². The van der Waals surface area contributed by atoms with E-state index in [2.05, 4.69) is 22.6 Å². The predicted molar refractivity (Wildman–Crippen MR) is 82.2 cm³/mol. The van der Waals surface area contributed by atoms with Gasteiger partial charge in [-0.25, -0.2) is 4.79 Å². The smallest absolute Gasteiger partial charge is 0.315 e. The largest absolute Gasteiger partial charge is 0.338 e. The van der Waals surface area contributed by atoms with E-state index in [1.807, 2.05) is 24.3 Å². The van der Waals surface area contributed by atoms with Gasteiger partial charge in [-0.1, -0.05) is 29.8 Å². The highest BCUT2D eigenvalue weighted by atomic mass is 35.5. The zero-order valence-corrected chi connectivity index (χ0v) is 12.6. The van der Waals surface area contributed by atoms with E-state index in [9.17, 15) is 4.79 Å². The van der Waals surface area contributed by atoms with Gasteiger partial charge in [-0.3, -0.25) is 0 Å². The van der Waals surface area contributed by atoms with Gasteiger partial charge in [0.1, 0.15) is 0 Å². The number of carbonyl (C=O) groups excluding carboxylic acids is 1. The molecule has 20 heavy (non-hydrogen) atoms. The molecule has 0 saturated carbocycles. The van der Waals surface area contributed by atoms with Crippen molar-refractivity contribution in [3.8, 4) is 0 Å². The molecule has 1 aromatic carbocycles. The minimum Gasteiger partial charge on any atom is -0.338 e. The second kappa shape index (κ2) is 7.50. The van der Waals surface area contributed by atoms with E-state index >= 15 is 0 Å². The van der Waals surface area contributed by atoms with Gasteiger partial charge >= 0.3 is 6.03 Å². The Hall–Kier alpha value is -1.26. The number of halogens is 1. The summed E-state index contributed by atoms with van der Waals surface area (Å²) in [4.78, 5) is 14.1. The summed E-state index contributed by atoms with van der Waals surface area (Å²) < 4.78 is 0. The number of nitrogens with one attached hydrogen (secondary N) is 2. The van der Waals surface area contributed by atoms with Crippen molar-refractivity contribution in [3.63, 3.8) is 0 Å². The molecule has 0 aliphatic carbocycles. The molecule has 1 aliphatic rings. The van der Waals surface area contributed by atoms with E-state index < -0.39 is 0 Å². The van der Waals surface area contributed by atoms with Crippen LogP contribution in [0.25, 0.3) is 0 Å². The van der Waals surface area contributed by atoms with Crippen LogP contribution in [0.1, 0.15) is 18.4 Å². The Bertz CT molecular complexity index is 444. The molecule has 1 aliphatic heterocycles. The molecule has 1 heterocycles. The Kier molecular flexibility index (Phi) is 5.68. The lowest BCUT2D eigenvalue weighted by Gasteiger charge is -2.29. The quantitative estimate of drug-likeness (QED) is 0.895. The van der Waals surface area contributed by atoms with Crippen molar-refractivity contribution in [1.29, 1.82) is 0 Å². The van der Waals surface area contributed by atoms with Crippen LogP contribution in [-0.4, -0.2) is 43.7 Å². The minimum atomic E-state index is -0.0772. The molecule has 4 nitrogen and oxygen atoms in total. The Morgan fingerprint density at radius 1 is 1.35 bits per heavy atom. The number of hydrogen-bond acceptors (Lipinski definition) is 2. The average Bonchev–Trinajstić information content (AvgIpc) is 2.43. The summed E-state index contributed by atoms with van der Waals surface area (Å²) in [6.07, 6.45) is 2.80. The number of piperidine rings is 1. The third-order valence-corrected chi connectivity index (χ3v) is 4.06. The summed E-state index contributed by atoms with van der Waals surface area (Å²) in [6.45, 7) is 2.69. The monoisotopic (exact) mass is 295 g/mol. The van der Waals surface area contributed by atoms with Crippen molar-refractivity contribution in [1.82, 2.24) is 15.5 Å².